The second-order valence-electron chi connectivity index (χ2n) is 12.4. The maximum atomic E-state index is 14.6. The highest BCUT2D eigenvalue weighted by molar-refractivity contribution is 6.31. The summed E-state index contributed by atoms with van der Waals surface area (Å²) in [6.07, 6.45) is 0.838. The van der Waals surface area contributed by atoms with E-state index < -0.39 is 17.4 Å². The Morgan fingerprint density at radius 3 is 2.56 bits per heavy atom. The van der Waals surface area contributed by atoms with Crippen molar-refractivity contribution in [2.75, 3.05) is 30.5 Å². The summed E-state index contributed by atoms with van der Waals surface area (Å²) in [4.78, 5) is 30.3. The second-order valence-corrected chi connectivity index (χ2v) is 13.3. The molecule has 3 aliphatic heterocycles. The maximum absolute atomic E-state index is 14.6. The molecular weight excluding hydrogens is 561 g/mol. The number of ether oxygens (including phenoxy) is 1. The summed E-state index contributed by atoms with van der Waals surface area (Å²) >= 11 is 13.3. The van der Waals surface area contributed by atoms with Crippen LogP contribution in [0.2, 0.25) is 10.0 Å². The second kappa shape index (κ2) is 9.93. The van der Waals surface area contributed by atoms with Crippen LogP contribution in [0.25, 0.3) is 0 Å². The lowest BCUT2D eigenvalue weighted by molar-refractivity contribution is -0.119. The van der Waals surface area contributed by atoms with Crippen molar-refractivity contribution in [1.82, 2.24) is 4.90 Å². The summed E-state index contributed by atoms with van der Waals surface area (Å²) in [7, 11) is 1.49. The first-order valence-electron chi connectivity index (χ1n) is 13.7. The van der Waals surface area contributed by atoms with Gasteiger partial charge in [-0.05, 0) is 59.4 Å². The fraction of sp³-hybridized carbons (Fsp3) is 0.375. The third-order valence-corrected chi connectivity index (χ3v) is 9.44. The molecule has 2 N–H and O–H groups in total. The van der Waals surface area contributed by atoms with E-state index in [2.05, 4.69) is 37.1 Å². The van der Waals surface area contributed by atoms with Gasteiger partial charge < -0.3 is 15.2 Å². The maximum Gasteiger partial charge on any atom is 0.335 e. The van der Waals surface area contributed by atoms with Gasteiger partial charge in [-0.15, -0.1) is 0 Å². The lowest BCUT2D eigenvalue weighted by Crippen LogP contribution is -2.49. The number of hydrogen-bond acceptors (Lipinski definition) is 5. The van der Waals surface area contributed by atoms with E-state index in [0.29, 0.717) is 34.7 Å². The predicted octanol–water partition coefficient (Wildman–Crippen LogP) is 6.64. The molecule has 4 atom stereocenters. The summed E-state index contributed by atoms with van der Waals surface area (Å²) < 4.78 is 5.59. The largest absolute Gasteiger partial charge is 0.495 e. The molecule has 7 nitrogen and oxygen atoms in total. The fourth-order valence-corrected chi connectivity index (χ4v) is 7.72. The van der Waals surface area contributed by atoms with Crippen LogP contribution < -0.4 is 15.0 Å². The number of halogens is 2. The number of nitrogens with one attached hydrogen (secondary N) is 1. The van der Waals surface area contributed by atoms with E-state index in [4.69, 9.17) is 27.9 Å². The molecule has 3 aromatic carbocycles. The summed E-state index contributed by atoms with van der Waals surface area (Å²) in [6, 6.07) is 18.0. The van der Waals surface area contributed by atoms with Gasteiger partial charge in [-0.3, -0.25) is 14.6 Å². The van der Waals surface area contributed by atoms with Gasteiger partial charge in [0, 0.05) is 39.7 Å². The molecule has 0 aromatic heterocycles. The molecule has 9 heteroatoms. The molecule has 6 rings (SSSR count). The molecule has 0 unspecified atom stereocenters. The van der Waals surface area contributed by atoms with Crippen molar-refractivity contribution in [3.05, 3.63) is 87.4 Å². The van der Waals surface area contributed by atoms with E-state index >= 15 is 0 Å². The van der Waals surface area contributed by atoms with Gasteiger partial charge in [0.05, 0.1) is 31.1 Å². The van der Waals surface area contributed by atoms with Crippen LogP contribution in [0.4, 0.5) is 11.4 Å². The highest BCUT2D eigenvalue weighted by Gasteiger charge is 2.67. The molecule has 1 amide bonds. The fourth-order valence-electron chi connectivity index (χ4n) is 7.30. The average Bonchev–Trinajstić information content (AvgIpc) is 3.54. The van der Waals surface area contributed by atoms with E-state index in [1.165, 1.54) is 19.2 Å². The van der Waals surface area contributed by atoms with Gasteiger partial charge in [0.15, 0.2) is 0 Å². The number of rotatable bonds is 5. The highest BCUT2D eigenvalue weighted by Crippen LogP contribution is 2.61. The van der Waals surface area contributed by atoms with Gasteiger partial charge >= 0.3 is 5.97 Å². The highest BCUT2D eigenvalue weighted by atomic mass is 35.5. The zero-order valence-corrected chi connectivity index (χ0v) is 25.0. The Morgan fingerprint density at radius 2 is 1.88 bits per heavy atom. The molecule has 3 heterocycles. The van der Waals surface area contributed by atoms with Crippen molar-refractivity contribution in [2.24, 2.45) is 5.41 Å². The van der Waals surface area contributed by atoms with Crippen molar-refractivity contribution in [3.63, 3.8) is 0 Å². The third kappa shape index (κ3) is 4.37. The molecule has 0 saturated carbocycles. The molecular formula is C32H33Cl2N3O4. The first kappa shape index (κ1) is 27.9. The molecule has 3 aromatic rings. The Hall–Kier alpha value is -3.26. The van der Waals surface area contributed by atoms with Gasteiger partial charge in [0.2, 0.25) is 5.91 Å². The van der Waals surface area contributed by atoms with Crippen molar-refractivity contribution < 1.29 is 19.4 Å². The number of anilines is 2. The Morgan fingerprint density at radius 1 is 1.12 bits per heavy atom. The van der Waals surface area contributed by atoms with E-state index in [0.717, 1.165) is 23.2 Å². The van der Waals surface area contributed by atoms with Crippen LogP contribution in [0, 0.1) is 5.41 Å². The Balaban J connectivity index is 1.55. The minimum atomic E-state index is -1.05. The Bertz CT molecular complexity index is 1550. The smallest absolute Gasteiger partial charge is 0.335 e. The first-order chi connectivity index (χ1) is 19.5. The first-order valence-corrected chi connectivity index (χ1v) is 14.5. The Labute approximate surface area is 250 Å². The number of benzene rings is 3. The molecule has 2 saturated heterocycles. The molecule has 41 heavy (non-hydrogen) atoms. The molecule has 0 aliphatic carbocycles. The lowest BCUT2D eigenvalue weighted by atomic mass is 9.63. The van der Waals surface area contributed by atoms with Crippen molar-refractivity contribution in [1.29, 1.82) is 0 Å². The summed E-state index contributed by atoms with van der Waals surface area (Å²) in [6.45, 7) is 7.68. The van der Waals surface area contributed by atoms with E-state index in [1.54, 1.807) is 11.0 Å². The van der Waals surface area contributed by atoms with Crippen LogP contribution in [0.5, 0.6) is 5.75 Å². The molecule has 3 aliphatic rings. The number of fused-ring (bicyclic) bond motifs is 3. The molecule has 0 radical (unpaired) electrons. The van der Waals surface area contributed by atoms with Crippen LogP contribution in [0.3, 0.4) is 0 Å². The molecule has 214 valence electrons. The molecule has 1 spiro atoms. The number of methoxy groups -OCH3 is 1. The zero-order chi connectivity index (χ0) is 29.3. The lowest BCUT2D eigenvalue weighted by Gasteiger charge is -2.42. The summed E-state index contributed by atoms with van der Waals surface area (Å²) in [5, 5.41) is 14.4. The summed E-state index contributed by atoms with van der Waals surface area (Å²) in [5.74, 6) is -1.02. The Kier molecular flexibility index (Phi) is 6.76. The average molecular weight is 595 g/mol. The molecule has 0 bridgehead atoms. The van der Waals surface area contributed by atoms with Gasteiger partial charge in [0.1, 0.15) is 5.75 Å². The van der Waals surface area contributed by atoms with Gasteiger partial charge in [-0.2, -0.15) is 0 Å². The number of nitrogens with zero attached hydrogens (tertiary/aromatic N) is 2. The van der Waals surface area contributed by atoms with Crippen molar-refractivity contribution in [3.8, 4) is 5.75 Å². The van der Waals surface area contributed by atoms with Crippen LogP contribution >= 0.6 is 23.2 Å². The van der Waals surface area contributed by atoms with Crippen LogP contribution in [0.1, 0.15) is 54.6 Å². The number of carbonyl (C=O) groups excluding carboxylic acids is 1. The normalized spacial score (nSPS) is 25.4. The van der Waals surface area contributed by atoms with E-state index in [-0.39, 0.29) is 28.8 Å². The van der Waals surface area contributed by atoms with Gasteiger partial charge in [-0.25, -0.2) is 4.79 Å². The number of carboxylic acid groups (broad SMARTS) is 1. The number of carbonyl (C=O) groups is 2. The number of carboxylic acids is 1. The monoisotopic (exact) mass is 593 g/mol. The van der Waals surface area contributed by atoms with Crippen molar-refractivity contribution >= 4 is 46.5 Å². The van der Waals surface area contributed by atoms with Gasteiger partial charge in [-0.1, -0.05) is 68.2 Å². The minimum absolute atomic E-state index is 0.0121. The van der Waals surface area contributed by atoms with E-state index in [9.17, 15) is 14.7 Å². The molecule has 2 fully saturated rings. The zero-order valence-electron chi connectivity index (χ0n) is 23.4. The van der Waals surface area contributed by atoms with Crippen LogP contribution in [0.15, 0.2) is 60.7 Å². The van der Waals surface area contributed by atoms with Crippen LogP contribution in [-0.4, -0.2) is 54.3 Å². The topological polar surface area (TPSA) is 82.1 Å². The number of hydrogen-bond donors (Lipinski definition) is 2. The standard InChI is InChI=1S/C32H33Cl2N3O4/c1-31(2,3)15-26-32(16-35-23-14-19(33)10-11-21(23)32)27(20-7-5-6-8-22(20)34)28-29(38)36(17-37(26)28)24-12-9-18(30(39)40)13-25(24)41-4/h5-14,26-28,35H,15-17H2,1-4H3,(H,39,40)/t26-,27-,28+,32-/m0/s1. The van der Waals surface area contributed by atoms with Gasteiger partial charge in [0.25, 0.3) is 0 Å². The third-order valence-electron chi connectivity index (χ3n) is 8.86. The van der Waals surface area contributed by atoms with Crippen LogP contribution in [-0.2, 0) is 10.2 Å². The number of aromatic carboxylic acids is 1. The number of amides is 1. The van der Waals surface area contributed by atoms with E-state index in [1.807, 2.05) is 36.4 Å². The summed E-state index contributed by atoms with van der Waals surface area (Å²) in [5.41, 5.74) is 3.25. The minimum Gasteiger partial charge on any atom is -0.495 e. The SMILES string of the molecule is COc1cc(C(=O)O)ccc1N1CN2[C@@H](CC(C)(C)C)[C@@]3(CNc4cc(Cl)ccc43)[C@@H](c3ccccc3Cl)[C@@H]2C1=O. The quantitative estimate of drug-likeness (QED) is 0.345. The predicted molar refractivity (Wildman–Crippen MR) is 162 cm³/mol. The van der Waals surface area contributed by atoms with Crippen molar-refractivity contribution in [2.45, 2.75) is 50.6 Å².